The third kappa shape index (κ3) is 4.05. The summed E-state index contributed by atoms with van der Waals surface area (Å²) in [6.07, 6.45) is 0.927. The van der Waals surface area contributed by atoms with Gasteiger partial charge in [0, 0.05) is 17.7 Å². The van der Waals surface area contributed by atoms with Crippen molar-refractivity contribution >= 4 is 16.0 Å². The van der Waals surface area contributed by atoms with E-state index in [1.807, 2.05) is 6.92 Å². The van der Waals surface area contributed by atoms with E-state index in [0.29, 0.717) is 29.7 Å². The number of halogens is 1. The van der Waals surface area contributed by atoms with Crippen molar-refractivity contribution in [3.63, 3.8) is 0 Å². The molecular formula is C21H22FNO6S. The predicted octanol–water partition coefficient (Wildman–Crippen LogP) is 2.90. The van der Waals surface area contributed by atoms with Gasteiger partial charge in [-0.2, -0.15) is 4.31 Å². The minimum absolute atomic E-state index is 0.0325. The molecule has 2 aromatic carbocycles. The fraction of sp³-hybridized carbons (Fsp3) is 0.381. The van der Waals surface area contributed by atoms with Gasteiger partial charge in [-0.15, -0.1) is 0 Å². The van der Waals surface area contributed by atoms with Gasteiger partial charge in [0.1, 0.15) is 24.2 Å². The van der Waals surface area contributed by atoms with Gasteiger partial charge in [-0.25, -0.2) is 12.8 Å². The van der Waals surface area contributed by atoms with Crippen molar-refractivity contribution in [2.45, 2.75) is 43.9 Å². The number of esters is 1. The summed E-state index contributed by atoms with van der Waals surface area (Å²) in [5.41, 5.74) is 1.86. The highest BCUT2D eigenvalue weighted by atomic mass is 32.2. The van der Waals surface area contributed by atoms with Crippen molar-refractivity contribution in [3.05, 3.63) is 58.9 Å². The van der Waals surface area contributed by atoms with Gasteiger partial charge in [-0.05, 0) is 44.0 Å². The average Bonchev–Trinajstić information content (AvgIpc) is 3.23. The normalized spacial score (nSPS) is 19.2. The van der Waals surface area contributed by atoms with E-state index in [2.05, 4.69) is 0 Å². The summed E-state index contributed by atoms with van der Waals surface area (Å²) in [4.78, 5) is 12.9. The van der Waals surface area contributed by atoms with E-state index in [9.17, 15) is 17.6 Å². The van der Waals surface area contributed by atoms with E-state index in [1.165, 1.54) is 28.6 Å². The first-order valence-electron chi connectivity index (χ1n) is 9.63. The van der Waals surface area contributed by atoms with Gasteiger partial charge in [0.2, 0.25) is 10.0 Å². The highest BCUT2D eigenvalue weighted by molar-refractivity contribution is 7.89. The molecule has 0 unspecified atom stereocenters. The lowest BCUT2D eigenvalue weighted by Crippen LogP contribution is -2.41. The molecule has 0 saturated carbocycles. The molecule has 0 amide bonds. The first-order chi connectivity index (χ1) is 14.4. The van der Waals surface area contributed by atoms with Gasteiger partial charge in [0.25, 0.3) is 0 Å². The van der Waals surface area contributed by atoms with E-state index in [-0.39, 0.29) is 31.4 Å². The molecule has 1 atom stereocenters. The molecule has 0 spiro atoms. The zero-order valence-corrected chi connectivity index (χ0v) is 17.3. The highest BCUT2D eigenvalue weighted by Crippen LogP contribution is 2.31. The monoisotopic (exact) mass is 435 g/mol. The Bertz CT molecular complexity index is 1050. The number of ether oxygens (including phenoxy) is 3. The van der Waals surface area contributed by atoms with E-state index in [4.69, 9.17) is 14.2 Å². The molecule has 2 heterocycles. The van der Waals surface area contributed by atoms with Crippen molar-refractivity contribution in [3.8, 4) is 5.75 Å². The molecule has 1 fully saturated rings. The molecule has 0 radical (unpaired) electrons. The topological polar surface area (TPSA) is 82.1 Å². The number of sulfonamides is 1. The Labute approximate surface area is 174 Å². The maximum atomic E-state index is 13.9. The summed E-state index contributed by atoms with van der Waals surface area (Å²) in [5, 5.41) is 0. The number of rotatable bonds is 5. The fourth-order valence-corrected chi connectivity index (χ4v) is 5.36. The van der Waals surface area contributed by atoms with Crippen LogP contribution in [-0.4, -0.2) is 38.1 Å². The zero-order chi connectivity index (χ0) is 21.3. The van der Waals surface area contributed by atoms with E-state index < -0.39 is 27.9 Å². The number of hydrogen-bond donors (Lipinski definition) is 0. The van der Waals surface area contributed by atoms with Crippen LogP contribution in [0.15, 0.2) is 41.3 Å². The Hall–Kier alpha value is -2.49. The van der Waals surface area contributed by atoms with Crippen LogP contribution in [0.1, 0.15) is 29.5 Å². The molecule has 4 rings (SSSR count). The second kappa shape index (κ2) is 8.33. The summed E-state index contributed by atoms with van der Waals surface area (Å²) in [5.74, 6) is -0.711. The number of carbonyl (C=O) groups is 1. The number of fused-ring (bicyclic) bond motifs is 1. The lowest BCUT2D eigenvalue weighted by Gasteiger charge is -2.24. The summed E-state index contributed by atoms with van der Waals surface area (Å²) in [6, 6.07) is 8.14. The first-order valence-corrected chi connectivity index (χ1v) is 11.1. The fourth-order valence-electron chi connectivity index (χ4n) is 3.72. The molecule has 0 aromatic heterocycles. The summed E-state index contributed by atoms with van der Waals surface area (Å²) >= 11 is 0. The van der Waals surface area contributed by atoms with Gasteiger partial charge in [0.05, 0.1) is 11.5 Å². The Morgan fingerprint density at radius 3 is 2.80 bits per heavy atom. The number of aryl methyl sites for hydroxylation is 1. The average molecular weight is 435 g/mol. The third-order valence-corrected chi connectivity index (χ3v) is 7.15. The van der Waals surface area contributed by atoms with Crippen LogP contribution >= 0.6 is 0 Å². The molecule has 9 heteroatoms. The Morgan fingerprint density at radius 1 is 1.27 bits per heavy atom. The number of hydrogen-bond acceptors (Lipinski definition) is 6. The molecule has 0 N–H and O–H groups in total. The second-order valence-electron chi connectivity index (χ2n) is 7.36. The molecule has 160 valence electrons. The van der Waals surface area contributed by atoms with Crippen molar-refractivity contribution in [2.24, 2.45) is 0 Å². The molecule has 2 aromatic rings. The molecule has 7 nitrogen and oxygen atoms in total. The molecule has 30 heavy (non-hydrogen) atoms. The van der Waals surface area contributed by atoms with E-state index in [1.54, 1.807) is 12.1 Å². The lowest BCUT2D eigenvalue weighted by atomic mass is 10.1. The molecule has 0 bridgehead atoms. The minimum atomic E-state index is -3.82. The van der Waals surface area contributed by atoms with Gasteiger partial charge in [-0.1, -0.05) is 17.7 Å². The Kier molecular flexibility index (Phi) is 5.77. The Balaban J connectivity index is 1.50. The van der Waals surface area contributed by atoms with Gasteiger partial charge in [-0.3, -0.25) is 4.79 Å². The number of nitrogens with zero attached hydrogens (tertiary/aromatic N) is 1. The van der Waals surface area contributed by atoms with Crippen LogP contribution in [0.25, 0.3) is 0 Å². The first kappa shape index (κ1) is 20.8. The Morgan fingerprint density at radius 2 is 2.03 bits per heavy atom. The van der Waals surface area contributed by atoms with E-state index >= 15 is 0 Å². The number of benzene rings is 2. The van der Waals surface area contributed by atoms with Gasteiger partial charge < -0.3 is 14.2 Å². The van der Waals surface area contributed by atoms with Gasteiger partial charge >= 0.3 is 5.97 Å². The second-order valence-corrected chi connectivity index (χ2v) is 9.25. The zero-order valence-electron chi connectivity index (χ0n) is 16.5. The van der Waals surface area contributed by atoms with Crippen LogP contribution in [0.2, 0.25) is 0 Å². The minimum Gasteiger partial charge on any atom is -0.467 e. The smallest absolute Gasteiger partial charge is 0.324 e. The maximum Gasteiger partial charge on any atom is 0.324 e. The molecule has 2 aliphatic rings. The van der Waals surface area contributed by atoms with Crippen LogP contribution in [0, 0.1) is 12.7 Å². The quantitative estimate of drug-likeness (QED) is 0.672. The molecule has 2 aliphatic heterocycles. The van der Waals surface area contributed by atoms with Crippen LogP contribution in [0.4, 0.5) is 4.39 Å². The summed E-state index contributed by atoms with van der Waals surface area (Å²) < 4.78 is 57.0. The van der Waals surface area contributed by atoms with Crippen molar-refractivity contribution in [1.29, 1.82) is 0 Å². The van der Waals surface area contributed by atoms with E-state index in [0.717, 1.165) is 5.56 Å². The standard InChI is InChI=1S/C21H22FNO6S/c1-14-4-6-18(7-5-14)30(25,26)23-8-2-3-19(23)21(24)28-12-16-10-17(22)9-15-11-27-13-29-20(15)16/h4-7,9-10,19H,2-3,8,11-13H2,1H3/t19-/m0/s1. The van der Waals surface area contributed by atoms with Crippen LogP contribution in [0.5, 0.6) is 5.75 Å². The molecular weight excluding hydrogens is 413 g/mol. The summed E-state index contributed by atoms with van der Waals surface area (Å²) in [6.45, 7) is 2.14. The van der Waals surface area contributed by atoms with Gasteiger partial charge in [0.15, 0.2) is 6.79 Å². The van der Waals surface area contributed by atoms with Crippen molar-refractivity contribution in [1.82, 2.24) is 4.31 Å². The van der Waals surface area contributed by atoms with Crippen LogP contribution in [-0.2, 0) is 37.5 Å². The van der Waals surface area contributed by atoms with Crippen LogP contribution in [0.3, 0.4) is 0 Å². The maximum absolute atomic E-state index is 13.9. The van der Waals surface area contributed by atoms with Crippen molar-refractivity contribution in [2.75, 3.05) is 13.3 Å². The van der Waals surface area contributed by atoms with Crippen molar-refractivity contribution < 1.29 is 31.8 Å². The molecule has 0 aliphatic carbocycles. The lowest BCUT2D eigenvalue weighted by molar-refractivity contribution is -0.148. The number of carbonyl (C=O) groups excluding carboxylic acids is 1. The third-order valence-electron chi connectivity index (χ3n) is 5.22. The SMILES string of the molecule is Cc1ccc(S(=O)(=O)N2CCC[C@H]2C(=O)OCc2cc(F)cc3c2OCOC3)cc1. The predicted molar refractivity (Wildman–Crippen MR) is 105 cm³/mol. The molecule has 1 saturated heterocycles. The van der Waals surface area contributed by atoms with Crippen LogP contribution < -0.4 is 4.74 Å². The highest BCUT2D eigenvalue weighted by Gasteiger charge is 2.40. The summed E-state index contributed by atoms with van der Waals surface area (Å²) in [7, 11) is -3.82. The largest absolute Gasteiger partial charge is 0.467 e.